The Labute approximate surface area is 117 Å². The molecule has 1 aromatic rings. The highest BCUT2D eigenvalue weighted by molar-refractivity contribution is 7.89. The number of benzene rings is 1. The molecule has 0 saturated carbocycles. The molecule has 0 radical (unpaired) electrons. The number of nitrogens with one attached hydrogen (secondary N) is 1. The van der Waals surface area contributed by atoms with Crippen LogP contribution in [0.15, 0.2) is 23.1 Å². The third-order valence-electron chi connectivity index (χ3n) is 2.44. The van der Waals surface area contributed by atoms with Gasteiger partial charge in [-0.3, -0.25) is 4.79 Å². The van der Waals surface area contributed by atoms with E-state index < -0.39 is 21.3 Å². The van der Waals surface area contributed by atoms with E-state index in [9.17, 15) is 17.6 Å². The van der Waals surface area contributed by atoms with Gasteiger partial charge in [0.25, 0.3) is 0 Å². The van der Waals surface area contributed by atoms with Gasteiger partial charge in [-0.1, -0.05) is 32.4 Å². The van der Waals surface area contributed by atoms with E-state index in [1.165, 1.54) is 0 Å². The van der Waals surface area contributed by atoms with Crippen LogP contribution in [0.1, 0.15) is 20.8 Å². The van der Waals surface area contributed by atoms with Crippen molar-refractivity contribution in [1.29, 1.82) is 0 Å². The molecule has 19 heavy (non-hydrogen) atoms. The van der Waals surface area contributed by atoms with Crippen LogP contribution in [-0.2, 0) is 14.8 Å². The molecule has 0 aliphatic carbocycles. The van der Waals surface area contributed by atoms with Crippen molar-refractivity contribution in [3.8, 4) is 0 Å². The molecule has 0 heterocycles. The number of Topliss-reactive ketones (excluding diaryl/α,β-unsaturated/α-hetero) is 1. The van der Waals surface area contributed by atoms with Crippen molar-refractivity contribution in [3.63, 3.8) is 0 Å². The molecule has 0 aliphatic heterocycles. The number of hydrogen-bond acceptors (Lipinski definition) is 3. The monoisotopic (exact) mass is 307 g/mol. The van der Waals surface area contributed by atoms with Gasteiger partial charge in [0.05, 0.1) is 11.6 Å². The first-order chi connectivity index (χ1) is 8.54. The van der Waals surface area contributed by atoms with Gasteiger partial charge in [-0.05, 0) is 18.2 Å². The summed E-state index contributed by atoms with van der Waals surface area (Å²) in [5, 5.41) is -0.0999. The number of rotatable bonds is 4. The molecule has 0 aromatic heterocycles. The quantitative estimate of drug-likeness (QED) is 0.929. The smallest absolute Gasteiger partial charge is 0.242 e. The molecule has 0 aliphatic rings. The lowest BCUT2D eigenvalue weighted by Crippen LogP contribution is -2.35. The van der Waals surface area contributed by atoms with Crippen LogP contribution in [0.25, 0.3) is 0 Å². The first-order valence-corrected chi connectivity index (χ1v) is 7.38. The topological polar surface area (TPSA) is 63.2 Å². The Morgan fingerprint density at radius 2 is 1.95 bits per heavy atom. The maximum Gasteiger partial charge on any atom is 0.242 e. The summed E-state index contributed by atoms with van der Waals surface area (Å²) in [6.07, 6.45) is 0. The molecule has 7 heteroatoms. The highest BCUT2D eigenvalue weighted by atomic mass is 35.5. The van der Waals surface area contributed by atoms with Crippen molar-refractivity contribution in [3.05, 3.63) is 29.0 Å². The zero-order chi connectivity index (χ0) is 14.8. The standard InChI is InChI=1S/C12H15ClFNO3S/c1-12(2,3)11(16)7-15-19(17,18)10-6-8(14)4-5-9(10)13/h4-6,15H,7H2,1-3H3. The molecule has 1 rings (SSSR count). The van der Waals surface area contributed by atoms with Gasteiger partial charge in [0.2, 0.25) is 10.0 Å². The summed E-state index contributed by atoms with van der Waals surface area (Å²) >= 11 is 5.72. The Morgan fingerprint density at radius 1 is 1.37 bits per heavy atom. The second-order valence-electron chi connectivity index (χ2n) is 5.07. The van der Waals surface area contributed by atoms with Crippen LogP contribution in [-0.4, -0.2) is 20.7 Å². The molecular weight excluding hydrogens is 293 g/mol. The molecule has 0 fully saturated rings. The molecule has 0 spiro atoms. The van der Waals surface area contributed by atoms with Gasteiger partial charge in [-0.15, -0.1) is 0 Å². The highest BCUT2D eigenvalue weighted by Crippen LogP contribution is 2.22. The van der Waals surface area contributed by atoms with Gasteiger partial charge in [0.1, 0.15) is 10.7 Å². The summed E-state index contributed by atoms with van der Waals surface area (Å²) in [5.74, 6) is -0.990. The van der Waals surface area contributed by atoms with Crippen molar-refractivity contribution >= 4 is 27.4 Å². The molecule has 1 N–H and O–H groups in total. The van der Waals surface area contributed by atoms with Crippen molar-refractivity contribution in [2.45, 2.75) is 25.7 Å². The molecule has 1 aromatic carbocycles. The fourth-order valence-electron chi connectivity index (χ4n) is 1.19. The summed E-state index contributed by atoms with van der Waals surface area (Å²) in [4.78, 5) is 11.3. The van der Waals surface area contributed by atoms with E-state index in [1.54, 1.807) is 20.8 Å². The van der Waals surface area contributed by atoms with Crippen molar-refractivity contribution in [2.75, 3.05) is 6.54 Å². The SMILES string of the molecule is CC(C)(C)C(=O)CNS(=O)(=O)c1cc(F)ccc1Cl. The molecule has 0 unspecified atom stereocenters. The second-order valence-corrected chi connectivity index (χ2v) is 7.22. The summed E-state index contributed by atoms with van der Waals surface area (Å²) in [7, 11) is -4.01. The zero-order valence-corrected chi connectivity index (χ0v) is 12.4. The highest BCUT2D eigenvalue weighted by Gasteiger charge is 2.25. The predicted octanol–water partition coefficient (Wildman–Crippen LogP) is 2.37. The minimum Gasteiger partial charge on any atom is -0.298 e. The number of hydrogen-bond donors (Lipinski definition) is 1. The van der Waals surface area contributed by atoms with E-state index in [0.29, 0.717) is 0 Å². The zero-order valence-electron chi connectivity index (χ0n) is 10.8. The lowest BCUT2D eigenvalue weighted by molar-refractivity contribution is -0.125. The largest absolute Gasteiger partial charge is 0.298 e. The van der Waals surface area contributed by atoms with Crippen LogP contribution < -0.4 is 4.72 Å². The van der Waals surface area contributed by atoms with Crippen LogP contribution >= 0.6 is 11.6 Å². The molecule has 0 saturated heterocycles. The average Bonchev–Trinajstić information content (AvgIpc) is 2.28. The number of halogens is 2. The summed E-state index contributed by atoms with van der Waals surface area (Å²) in [5.41, 5.74) is -0.658. The van der Waals surface area contributed by atoms with Crippen LogP contribution in [0.5, 0.6) is 0 Å². The molecular formula is C12H15ClFNO3S. The van der Waals surface area contributed by atoms with E-state index in [4.69, 9.17) is 11.6 Å². The van der Waals surface area contributed by atoms with E-state index in [2.05, 4.69) is 4.72 Å². The molecule has 0 atom stereocenters. The fourth-order valence-corrected chi connectivity index (χ4v) is 2.68. The van der Waals surface area contributed by atoms with Crippen molar-refractivity contribution < 1.29 is 17.6 Å². The Kier molecular flexibility index (Phi) is 4.71. The number of carbonyl (C=O) groups excluding carboxylic acids is 1. The summed E-state index contributed by atoms with van der Waals surface area (Å²) in [6.45, 7) is 4.68. The van der Waals surface area contributed by atoms with Crippen molar-refractivity contribution in [1.82, 2.24) is 4.72 Å². The van der Waals surface area contributed by atoms with Gasteiger partial charge in [0.15, 0.2) is 5.78 Å². The Morgan fingerprint density at radius 3 is 2.47 bits per heavy atom. The van der Waals surface area contributed by atoms with Crippen LogP contribution in [0.4, 0.5) is 4.39 Å². The average molecular weight is 308 g/mol. The normalized spacial score (nSPS) is 12.5. The van der Waals surface area contributed by atoms with Gasteiger partial charge in [-0.2, -0.15) is 0 Å². The minimum atomic E-state index is -4.01. The van der Waals surface area contributed by atoms with E-state index >= 15 is 0 Å². The Bertz CT molecular complexity index is 593. The van der Waals surface area contributed by atoms with Gasteiger partial charge >= 0.3 is 0 Å². The van der Waals surface area contributed by atoms with Gasteiger partial charge in [-0.25, -0.2) is 17.5 Å². The van der Waals surface area contributed by atoms with Crippen LogP contribution in [0.2, 0.25) is 5.02 Å². The van der Waals surface area contributed by atoms with Gasteiger partial charge in [0, 0.05) is 5.41 Å². The Balaban J connectivity index is 2.94. The first kappa shape index (κ1) is 16.1. The van der Waals surface area contributed by atoms with Crippen molar-refractivity contribution in [2.24, 2.45) is 5.41 Å². The number of carbonyl (C=O) groups is 1. The lowest BCUT2D eigenvalue weighted by atomic mass is 9.91. The fraction of sp³-hybridized carbons (Fsp3) is 0.417. The molecule has 0 amide bonds. The van der Waals surface area contributed by atoms with E-state index in [1.807, 2.05) is 0 Å². The molecule has 0 bridgehead atoms. The number of ketones is 1. The maximum atomic E-state index is 13.0. The lowest BCUT2D eigenvalue weighted by Gasteiger charge is -2.17. The third-order valence-corrected chi connectivity index (χ3v) is 4.32. The molecule has 106 valence electrons. The van der Waals surface area contributed by atoms with E-state index in [0.717, 1.165) is 18.2 Å². The van der Waals surface area contributed by atoms with Gasteiger partial charge < -0.3 is 0 Å². The van der Waals surface area contributed by atoms with E-state index in [-0.39, 0.29) is 22.2 Å². The second kappa shape index (κ2) is 5.56. The van der Waals surface area contributed by atoms with Crippen LogP contribution in [0.3, 0.4) is 0 Å². The summed E-state index contributed by atoms with van der Waals surface area (Å²) in [6, 6.07) is 3.02. The summed E-state index contributed by atoms with van der Waals surface area (Å²) < 4.78 is 39.0. The molecule has 4 nitrogen and oxygen atoms in total. The number of sulfonamides is 1. The Hall–Kier alpha value is -0.980. The minimum absolute atomic E-state index is 0.0999. The first-order valence-electron chi connectivity index (χ1n) is 5.52. The maximum absolute atomic E-state index is 13.0. The predicted molar refractivity (Wildman–Crippen MR) is 71.1 cm³/mol. The third kappa shape index (κ3) is 4.26. The van der Waals surface area contributed by atoms with Crippen LogP contribution in [0, 0.1) is 11.2 Å².